The molecular weight excluding hydrogens is 246 g/mol. The molecule has 5 nitrogen and oxygen atoms in total. The van der Waals surface area contributed by atoms with E-state index in [0.29, 0.717) is 32.2 Å². The van der Waals surface area contributed by atoms with E-state index in [4.69, 9.17) is 14.2 Å². The van der Waals surface area contributed by atoms with Crippen molar-refractivity contribution in [3.05, 3.63) is 0 Å². The molecule has 0 rings (SSSR count). The molecule has 0 fully saturated rings. The lowest BCUT2D eigenvalue weighted by Gasteiger charge is -2.16. The molecule has 0 spiro atoms. The van der Waals surface area contributed by atoms with Crippen molar-refractivity contribution in [2.24, 2.45) is 5.92 Å². The predicted octanol–water partition coefficient (Wildman–Crippen LogP) is 1.61. The Labute approximate surface area is 117 Å². The molecular formula is C14H29NO4. The number of rotatable bonds is 12. The van der Waals surface area contributed by atoms with E-state index < -0.39 is 0 Å². The predicted molar refractivity (Wildman–Crippen MR) is 75.2 cm³/mol. The second-order valence-corrected chi connectivity index (χ2v) is 4.90. The molecule has 19 heavy (non-hydrogen) atoms. The number of nitrogens with one attached hydrogen (secondary N) is 1. The van der Waals surface area contributed by atoms with Gasteiger partial charge in [0.25, 0.3) is 0 Å². The van der Waals surface area contributed by atoms with Crippen molar-refractivity contribution in [1.29, 1.82) is 0 Å². The average molecular weight is 275 g/mol. The van der Waals surface area contributed by atoms with E-state index in [1.54, 1.807) is 0 Å². The SMILES string of the molecule is CCCNC(CCOCCOCC(C)C)C(=O)OC. The first kappa shape index (κ1) is 18.4. The number of hydrogen-bond acceptors (Lipinski definition) is 5. The van der Waals surface area contributed by atoms with Crippen LogP contribution >= 0.6 is 0 Å². The molecule has 0 aromatic heterocycles. The quantitative estimate of drug-likeness (QED) is 0.433. The fourth-order valence-corrected chi connectivity index (χ4v) is 1.50. The van der Waals surface area contributed by atoms with Gasteiger partial charge in [0.15, 0.2) is 0 Å². The smallest absolute Gasteiger partial charge is 0.322 e. The number of methoxy groups -OCH3 is 1. The molecule has 0 saturated carbocycles. The summed E-state index contributed by atoms with van der Waals surface area (Å²) in [6, 6.07) is -0.276. The Bertz CT molecular complexity index is 221. The van der Waals surface area contributed by atoms with Crippen molar-refractivity contribution in [3.63, 3.8) is 0 Å². The minimum atomic E-state index is -0.276. The summed E-state index contributed by atoms with van der Waals surface area (Å²) in [5, 5.41) is 3.15. The fourth-order valence-electron chi connectivity index (χ4n) is 1.50. The zero-order valence-corrected chi connectivity index (χ0v) is 12.7. The van der Waals surface area contributed by atoms with Gasteiger partial charge in [0, 0.05) is 13.2 Å². The van der Waals surface area contributed by atoms with Crippen molar-refractivity contribution < 1.29 is 19.0 Å². The van der Waals surface area contributed by atoms with Gasteiger partial charge < -0.3 is 19.5 Å². The Morgan fingerprint density at radius 2 is 1.84 bits per heavy atom. The first-order valence-electron chi connectivity index (χ1n) is 7.08. The van der Waals surface area contributed by atoms with Gasteiger partial charge in [-0.15, -0.1) is 0 Å². The lowest BCUT2D eigenvalue weighted by atomic mass is 10.2. The molecule has 0 aliphatic rings. The topological polar surface area (TPSA) is 56.8 Å². The molecule has 0 radical (unpaired) electrons. The van der Waals surface area contributed by atoms with Crippen LogP contribution in [0.1, 0.15) is 33.6 Å². The molecule has 0 aliphatic heterocycles. The van der Waals surface area contributed by atoms with Crippen LogP contribution in [0.3, 0.4) is 0 Å². The minimum Gasteiger partial charge on any atom is -0.468 e. The van der Waals surface area contributed by atoms with Gasteiger partial charge in [0.2, 0.25) is 0 Å². The molecule has 1 N–H and O–H groups in total. The van der Waals surface area contributed by atoms with Crippen LogP contribution in [-0.2, 0) is 19.0 Å². The molecule has 0 heterocycles. The molecule has 0 aromatic rings. The average Bonchev–Trinajstić information content (AvgIpc) is 2.39. The van der Waals surface area contributed by atoms with Crippen LogP contribution in [0.15, 0.2) is 0 Å². The van der Waals surface area contributed by atoms with E-state index in [2.05, 4.69) is 26.1 Å². The van der Waals surface area contributed by atoms with E-state index in [9.17, 15) is 4.79 Å². The molecule has 114 valence electrons. The van der Waals surface area contributed by atoms with E-state index >= 15 is 0 Å². The molecule has 0 aliphatic carbocycles. The molecule has 0 amide bonds. The van der Waals surface area contributed by atoms with Gasteiger partial charge in [-0.3, -0.25) is 4.79 Å². The minimum absolute atomic E-state index is 0.229. The van der Waals surface area contributed by atoms with Crippen molar-refractivity contribution >= 4 is 5.97 Å². The zero-order chi connectivity index (χ0) is 14.5. The zero-order valence-electron chi connectivity index (χ0n) is 12.7. The van der Waals surface area contributed by atoms with Crippen molar-refractivity contribution in [1.82, 2.24) is 5.32 Å². The summed E-state index contributed by atoms with van der Waals surface area (Å²) in [6.07, 6.45) is 1.61. The van der Waals surface area contributed by atoms with Crippen LogP contribution in [0.25, 0.3) is 0 Å². The lowest BCUT2D eigenvalue weighted by Crippen LogP contribution is -2.39. The van der Waals surface area contributed by atoms with Crippen LogP contribution in [0.2, 0.25) is 0 Å². The normalized spacial score (nSPS) is 12.7. The summed E-state index contributed by atoms with van der Waals surface area (Å²) in [4.78, 5) is 11.5. The summed E-state index contributed by atoms with van der Waals surface area (Å²) in [6.45, 7) is 9.54. The largest absolute Gasteiger partial charge is 0.468 e. The highest BCUT2D eigenvalue weighted by atomic mass is 16.5. The second kappa shape index (κ2) is 12.4. The standard InChI is InChI=1S/C14H29NO4/c1-5-7-15-13(14(16)17-4)6-8-18-9-10-19-11-12(2)3/h12-13,15H,5-11H2,1-4H3. The highest BCUT2D eigenvalue weighted by molar-refractivity contribution is 5.75. The van der Waals surface area contributed by atoms with Crippen LogP contribution in [0, 0.1) is 5.92 Å². The first-order chi connectivity index (χ1) is 9.11. The maximum Gasteiger partial charge on any atom is 0.322 e. The Morgan fingerprint density at radius 3 is 2.42 bits per heavy atom. The molecule has 0 bridgehead atoms. The Hall–Kier alpha value is -0.650. The number of esters is 1. The number of ether oxygens (including phenoxy) is 3. The summed E-state index contributed by atoms with van der Waals surface area (Å²) < 4.78 is 15.6. The van der Waals surface area contributed by atoms with Gasteiger partial charge >= 0.3 is 5.97 Å². The van der Waals surface area contributed by atoms with Crippen molar-refractivity contribution in [2.75, 3.05) is 40.1 Å². The third-order valence-corrected chi connectivity index (χ3v) is 2.50. The van der Waals surface area contributed by atoms with E-state index in [1.807, 2.05) is 0 Å². The summed E-state index contributed by atoms with van der Waals surface area (Å²) in [7, 11) is 1.41. The van der Waals surface area contributed by atoms with Crippen molar-refractivity contribution in [2.45, 2.75) is 39.7 Å². The fraction of sp³-hybridized carbons (Fsp3) is 0.929. The third-order valence-electron chi connectivity index (χ3n) is 2.50. The Kier molecular flexibility index (Phi) is 12.0. The van der Waals surface area contributed by atoms with Gasteiger partial charge in [-0.25, -0.2) is 0 Å². The van der Waals surface area contributed by atoms with Gasteiger partial charge in [0.1, 0.15) is 6.04 Å². The molecule has 5 heteroatoms. The van der Waals surface area contributed by atoms with Crippen molar-refractivity contribution in [3.8, 4) is 0 Å². The molecule has 0 aromatic carbocycles. The van der Waals surface area contributed by atoms with Gasteiger partial charge in [0.05, 0.1) is 20.3 Å². The first-order valence-corrected chi connectivity index (χ1v) is 7.08. The van der Waals surface area contributed by atoms with Crippen LogP contribution in [0.4, 0.5) is 0 Å². The lowest BCUT2D eigenvalue weighted by molar-refractivity contribution is -0.143. The van der Waals surface area contributed by atoms with E-state index in [1.165, 1.54) is 7.11 Å². The summed E-state index contributed by atoms with van der Waals surface area (Å²) >= 11 is 0. The molecule has 1 unspecified atom stereocenters. The number of hydrogen-bond donors (Lipinski definition) is 1. The third kappa shape index (κ3) is 10.9. The molecule has 0 saturated heterocycles. The number of carbonyl (C=O) groups is 1. The van der Waals surface area contributed by atoms with Crippen LogP contribution < -0.4 is 5.32 Å². The summed E-state index contributed by atoms with van der Waals surface area (Å²) in [5.74, 6) is 0.315. The highest BCUT2D eigenvalue weighted by Crippen LogP contribution is 1.97. The van der Waals surface area contributed by atoms with Gasteiger partial charge in [-0.05, 0) is 25.3 Å². The van der Waals surface area contributed by atoms with Crippen LogP contribution in [0.5, 0.6) is 0 Å². The van der Waals surface area contributed by atoms with Gasteiger partial charge in [-0.2, -0.15) is 0 Å². The van der Waals surface area contributed by atoms with Crippen LogP contribution in [-0.4, -0.2) is 52.1 Å². The molecule has 1 atom stereocenters. The summed E-state index contributed by atoms with van der Waals surface area (Å²) in [5.41, 5.74) is 0. The number of carbonyl (C=O) groups excluding carboxylic acids is 1. The van der Waals surface area contributed by atoms with E-state index in [-0.39, 0.29) is 12.0 Å². The van der Waals surface area contributed by atoms with E-state index in [0.717, 1.165) is 19.6 Å². The van der Waals surface area contributed by atoms with Gasteiger partial charge in [-0.1, -0.05) is 20.8 Å². The highest BCUT2D eigenvalue weighted by Gasteiger charge is 2.17. The Morgan fingerprint density at radius 1 is 1.16 bits per heavy atom. The second-order valence-electron chi connectivity index (χ2n) is 4.90. The maximum absolute atomic E-state index is 11.5. The maximum atomic E-state index is 11.5. The monoisotopic (exact) mass is 275 g/mol. The Balaban J connectivity index is 3.60.